The second-order valence-electron chi connectivity index (χ2n) is 37.6. The number of aryl methyl sites for hydroxylation is 10. The summed E-state index contributed by atoms with van der Waals surface area (Å²) in [5, 5.41) is 0. The van der Waals surface area contributed by atoms with Crippen LogP contribution in [0.4, 0.5) is 68.2 Å². The first-order chi connectivity index (χ1) is 58.6. The second-order valence-corrected chi connectivity index (χ2v) is 37.6. The minimum atomic E-state index is -0.215. The summed E-state index contributed by atoms with van der Waals surface area (Å²) in [4.78, 5) is 10.2. The van der Waals surface area contributed by atoms with E-state index in [1.165, 1.54) is 156 Å². The first kappa shape index (κ1) is 77.3. The number of benzene rings is 16. The molecular formula is C118H106N4. The number of anilines is 12. The van der Waals surface area contributed by atoms with Crippen molar-refractivity contribution in [1.82, 2.24) is 0 Å². The number of fused-ring (bicyclic) bond motifs is 12. The Morgan fingerprint density at radius 3 is 0.607 bits per heavy atom. The molecule has 0 fully saturated rings. The minimum absolute atomic E-state index is 0.215. The van der Waals surface area contributed by atoms with Crippen molar-refractivity contribution in [1.29, 1.82) is 0 Å². The number of hydrogen-bond donors (Lipinski definition) is 0. The van der Waals surface area contributed by atoms with E-state index < -0.39 is 0 Å². The monoisotopic (exact) mass is 1580 g/mol. The maximum absolute atomic E-state index is 2.54. The van der Waals surface area contributed by atoms with Crippen LogP contribution in [0, 0.1) is 69.2 Å². The molecule has 0 radical (unpaired) electrons. The van der Waals surface area contributed by atoms with Crippen molar-refractivity contribution in [3.05, 3.63) is 416 Å². The first-order valence-corrected chi connectivity index (χ1v) is 43.6. The van der Waals surface area contributed by atoms with E-state index in [0.717, 1.165) is 90.5 Å². The smallest absolute Gasteiger partial charge is 0.0490 e. The summed E-state index contributed by atoms with van der Waals surface area (Å²) < 4.78 is 0. The highest BCUT2D eigenvalue weighted by Crippen LogP contribution is 2.58. The third kappa shape index (κ3) is 12.5. The molecule has 598 valence electrons. The van der Waals surface area contributed by atoms with E-state index in [1.807, 2.05) is 0 Å². The molecule has 4 nitrogen and oxygen atoms in total. The van der Waals surface area contributed by atoms with Gasteiger partial charge in [0, 0.05) is 89.9 Å². The molecule has 0 unspecified atom stereocenters. The third-order valence-corrected chi connectivity index (χ3v) is 27.9. The zero-order chi connectivity index (χ0) is 84.5. The van der Waals surface area contributed by atoms with E-state index in [0.29, 0.717) is 0 Å². The lowest BCUT2D eigenvalue weighted by Gasteiger charge is -2.33. The van der Waals surface area contributed by atoms with Crippen molar-refractivity contribution < 1.29 is 0 Å². The van der Waals surface area contributed by atoms with Gasteiger partial charge in [-0.25, -0.2) is 0 Å². The predicted octanol–water partition coefficient (Wildman–Crippen LogP) is 32.9. The molecule has 0 atom stereocenters. The Morgan fingerprint density at radius 1 is 0.156 bits per heavy atom. The number of rotatable bonds is 15. The molecule has 0 N–H and O–H groups in total. The van der Waals surface area contributed by atoms with Gasteiger partial charge in [-0.2, -0.15) is 0 Å². The van der Waals surface area contributed by atoms with Gasteiger partial charge in [0.25, 0.3) is 0 Å². The first-order valence-electron chi connectivity index (χ1n) is 43.6. The molecule has 0 saturated heterocycles. The van der Waals surface area contributed by atoms with Crippen molar-refractivity contribution in [3.63, 3.8) is 0 Å². The number of nitrogens with zero attached hydrogens (tertiary/aromatic N) is 4. The molecule has 4 aliphatic carbocycles. The van der Waals surface area contributed by atoms with Crippen LogP contribution in [0.25, 0.3) is 77.9 Å². The van der Waals surface area contributed by atoms with Crippen molar-refractivity contribution in [2.75, 3.05) is 19.6 Å². The van der Waals surface area contributed by atoms with Gasteiger partial charge >= 0.3 is 0 Å². The van der Waals surface area contributed by atoms with Crippen LogP contribution in [-0.2, 0) is 21.7 Å². The van der Waals surface area contributed by atoms with Crippen LogP contribution in [0.2, 0.25) is 0 Å². The second kappa shape index (κ2) is 28.7. The molecule has 4 aliphatic rings. The zero-order valence-corrected chi connectivity index (χ0v) is 73.8. The van der Waals surface area contributed by atoms with Crippen molar-refractivity contribution >= 4 is 68.2 Å². The van der Waals surface area contributed by atoms with Crippen LogP contribution in [0.1, 0.15) is 156 Å². The minimum Gasteiger partial charge on any atom is -0.310 e. The summed E-state index contributed by atoms with van der Waals surface area (Å²) in [6.07, 6.45) is 0. The lowest BCUT2D eigenvalue weighted by molar-refractivity contribution is 0.660. The van der Waals surface area contributed by atoms with Crippen LogP contribution < -0.4 is 19.6 Å². The van der Waals surface area contributed by atoms with Crippen molar-refractivity contribution in [2.24, 2.45) is 0 Å². The Bertz CT molecular complexity index is 6270. The van der Waals surface area contributed by atoms with Crippen LogP contribution in [0.15, 0.2) is 315 Å². The van der Waals surface area contributed by atoms with Gasteiger partial charge in [-0.1, -0.05) is 284 Å². The van der Waals surface area contributed by atoms with E-state index in [9.17, 15) is 0 Å². The molecule has 0 saturated carbocycles. The molecule has 0 heterocycles. The predicted molar refractivity (Wildman–Crippen MR) is 519 cm³/mol. The zero-order valence-electron chi connectivity index (χ0n) is 73.8. The Labute approximate surface area is 722 Å². The Hall–Kier alpha value is -13.3. The van der Waals surface area contributed by atoms with Crippen molar-refractivity contribution in [2.45, 2.75) is 146 Å². The molecule has 0 aliphatic heterocycles. The fourth-order valence-corrected chi connectivity index (χ4v) is 21.6. The molecule has 0 bridgehead atoms. The van der Waals surface area contributed by atoms with E-state index in [2.05, 4.69) is 460 Å². The summed E-state index contributed by atoms with van der Waals surface area (Å²) in [6.45, 7) is 41.7. The Kier molecular flexibility index (Phi) is 18.2. The lowest BCUT2D eigenvalue weighted by Crippen LogP contribution is -2.18. The van der Waals surface area contributed by atoms with E-state index in [-0.39, 0.29) is 21.7 Å². The molecule has 0 spiro atoms. The third-order valence-electron chi connectivity index (χ3n) is 27.9. The van der Waals surface area contributed by atoms with Gasteiger partial charge in [0.1, 0.15) is 0 Å². The Balaban J connectivity index is 0.759. The summed E-state index contributed by atoms with van der Waals surface area (Å²) in [5.74, 6) is 0. The van der Waals surface area contributed by atoms with Gasteiger partial charge in [0.2, 0.25) is 0 Å². The highest BCUT2D eigenvalue weighted by molar-refractivity contribution is 5.97. The van der Waals surface area contributed by atoms with Crippen molar-refractivity contribution in [3.8, 4) is 77.9 Å². The Morgan fingerprint density at radius 2 is 0.377 bits per heavy atom. The molecule has 0 amide bonds. The topological polar surface area (TPSA) is 13.0 Å². The quantitative estimate of drug-likeness (QED) is 0.101. The maximum atomic E-state index is 2.54. The summed E-state index contributed by atoms with van der Waals surface area (Å²) in [5.41, 5.74) is 52.7. The fourth-order valence-electron chi connectivity index (χ4n) is 21.6. The standard InChI is InChI=1S/C118H106N4/c1-71-35-51-111(77(7)55-71)119(85-41-47-99-95-27-19-23-31-103(95)115(11,12)107(99)67-85)89-61-83(62-90(65-89)120(112-52-36-72(2)56-78(112)8)86-42-48-100-96-28-20-24-32-104(96)116(13,14)108(100)68-86)93-45-39-81(59-75(93)5)82-40-46-94(76(6)60-82)84-63-91(121(113-53-37-73(3)57-79(113)9)87-43-49-101-97-29-21-25-33-105(97)117(15,16)109(101)69-87)66-92(64-84)122(114-54-38-74(4)58-80(114)10)88-44-50-102-98-30-22-26-34-106(98)118(17,18)110(102)70-88/h19-70H,1-18H3. The summed E-state index contributed by atoms with van der Waals surface area (Å²) in [7, 11) is 0. The average molecular weight is 1580 g/mol. The molecule has 0 aromatic heterocycles. The van der Waals surface area contributed by atoms with Gasteiger partial charge in [0.05, 0.1) is 0 Å². The van der Waals surface area contributed by atoms with E-state index in [4.69, 9.17) is 0 Å². The average Bonchev–Trinajstić information content (AvgIpc) is 1.51. The largest absolute Gasteiger partial charge is 0.310 e. The van der Waals surface area contributed by atoms with Gasteiger partial charge in [0.15, 0.2) is 0 Å². The molecule has 16 aromatic carbocycles. The van der Waals surface area contributed by atoms with Gasteiger partial charge in [-0.15, -0.1) is 0 Å². The van der Waals surface area contributed by atoms with E-state index in [1.54, 1.807) is 0 Å². The molecule has 122 heavy (non-hydrogen) atoms. The fraction of sp³-hybridized carbons (Fsp3) is 0.186. The van der Waals surface area contributed by atoms with Crippen LogP contribution in [-0.4, -0.2) is 0 Å². The maximum Gasteiger partial charge on any atom is 0.0490 e. The highest BCUT2D eigenvalue weighted by Gasteiger charge is 2.41. The van der Waals surface area contributed by atoms with Crippen LogP contribution in [0.5, 0.6) is 0 Å². The summed E-state index contributed by atoms with van der Waals surface area (Å²) >= 11 is 0. The SMILES string of the molecule is Cc1ccc(N(c2cc(-c3ccc(-c4ccc(-c5cc(N(c6ccc7c(c6)C(C)(C)c6ccccc6-7)c6ccc(C)cc6C)cc(N(c6ccc7c(c6)C(C)(C)c6ccccc6-7)c6ccc(C)cc6C)c5)c(C)c4)cc3C)cc(N(c3ccc4c(c3)C(C)(C)c3ccccc3-4)c3ccc(C)cc3C)c2)c2ccc3c(c2)C(C)(C)c2ccccc2-3)c(C)c1. The molecule has 20 rings (SSSR count). The van der Waals surface area contributed by atoms with Gasteiger partial charge in [-0.05, 0) is 334 Å². The molecule has 4 heteroatoms. The lowest BCUT2D eigenvalue weighted by atomic mass is 9.82. The van der Waals surface area contributed by atoms with Crippen LogP contribution in [0.3, 0.4) is 0 Å². The molecular weight excluding hydrogens is 1470 g/mol. The van der Waals surface area contributed by atoms with E-state index >= 15 is 0 Å². The van der Waals surface area contributed by atoms with Crippen LogP contribution >= 0.6 is 0 Å². The normalized spacial score (nSPS) is 14.1. The highest BCUT2D eigenvalue weighted by atomic mass is 15.2. The van der Waals surface area contributed by atoms with Gasteiger partial charge in [-0.3, -0.25) is 0 Å². The van der Waals surface area contributed by atoms with Gasteiger partial charge < -0.3 is 19.6 Å². The molecule has 16 aromatic rings. The number of hydrogen-bond acceptors (Lipinski definition) is 4. The summed E-state index contributed by atoms with van der Waals surface area (Å²) in [6, 6.07) is 122.